The molecule has 0 amide bonds. The molecule has 0 bridgehead atoms. The molecule has 1 aromatic rings. The zero-order chi connectivity index (χ0) is 9.14. The maximum atomic E-state index is 5.82. The second-order valence-corrected chi connectivity index (χ2v) is 4.49. The van der Waals surface area contributed by atoms with Gasteiger partial charge in [-0.1, -0.05) is 29.9 Å². The van der Waals surface area contributed by atoms with Gasteiger partial charge in [-0.15, -0.1) is 0 Å². The minimum atomic E-state index is 0.790. The van der Waals surface area contributed by atoms with Crippen LogP contribution in [0, 0.1) is 6.92 Å². The topological polar surface area (TPSA) is 0 Å². The van der Waals surface area contributed by atoms with Gasteiger partial charge in [0.2, 0.25) is 0 Å². The Bertz CT molecular complexity index is 305. The minimum absolute atomic E-state index is 0.790. The van der Waals surface area contributed by atoms with Gasteiger partial charge in [-0.3, -0.25) is 0 Å². The average molecular weight is 199 g/mol. The number of hydrogen-bond donors (Lipinski definition) is 0. The Morgan fingerprint density at radius 1 is 1.50 bits per heavy atom. The zero-order valence-electron chi connectivity index (χ0n) is 7.23. The molecule has 0 saturated carbocycles. The van der Waals surface area contributed by atoms with Crippen molar-refractivity contribution in [2.24, 2.45) is 0 Å². The van der Waals surface area contributed by atoms with Crippen LogP contribution in [0.25, 0.3) is 0 Å². The highest BCUT2D eigenvalue weighted by Crippen LogP contribution is 2.29. The fraction of sp³-hybridized carbons (Fsp3) is 0.200. The van der Waals surface area contributed by atoms with Gasteiger partial charge >= 0.3 is 0 Å². The van der Waals surface area contributed by atoms with Crippen molar-refractivity contribution in [2.45, 2.75) is 18.7 Å². The van der Waals surface area contributed by atoms with Gasteiger partial charge in [0.15, 0.2) is 0 Å². The van der Waals surface area contributed by atoms with Crippen molar-refractivity contribution < 1.29 is 0 Å². The minimum Gasteiger partial charge on any atom is -0.0952 e. The van der Waals surface area contributed by atoms with Crippen molar-refractivity contribution in [3.63, 3.8) is 0 Å². The molecule has 64 valence electrons. The van der Waals surface area contributed by atoms with Crippen LogP contribution in [-0.4, -0.2) is 0 Å². The Morgan fingerprint density at radius 2 is 2.17 bits per heavy atom. The number of halogens is 1. The third-order valence-electron chi connectivity index (χ3n) is 1.42. The van der Waals surface area contributed by atoms with Crippen molar-refractivity contribution >= 4 is 23.4 Å². The lowest BCUT2D eigenvalue weighted by Crippen LogP contribution is -1.78. The number of benzene rings is 1. The van der Waals surface area contributed by atoms with Crippen LogP contribution in [0.5, 0.6) is 0 Å². The summed E-state index contributed by atoms with van der Waals surface area (Å²) >= 11 is 7.50. The molecule has 0 radical (unpaired) electrons. The summed E-state index contributed by atoms with van der Waals surface area (Å²) in [6, 6.07) is 5.89. The lowest BCUT2D eigenvalue weighted by molar-refractivity contribution is 1.31. The maximum Gasteiger partial charge on any atom is 0.0409 e. The van der Waals surface area contributed by atoms with E-state index < -0.39 is 0 Å². The molecule has 0 aliphatic rings. The number of allylic oxidation sites excluding steroid dienone is 1. The van der Waals surface area contributed by atoms with Crippen LogP contribution >= 0.6 is 23.4 Å². The molecule has 0 spiro atoms. The van der Waals surface area contributed by atoms with E-state index in [0.717, 1.165) is 9.93 Å². The van der Waals surface area contributed by atoms with Gasteiger partial charge in [0.1, 0.15) is 0 Å². The highest BCUT2D eigenvalue weighted by atomic mass is 35.5. The molecule has 1 rings (SSSR count). The van der Waals surface area contributed by atoms with Crippen LogP contribution in [0.2, 0.25) is 5.02 Å². The monoisotopic (exact) mass is 198 g/mol. The van der Waals surface area contributed by atoms with Gasteiger partial charge in [-0.2, -0.15) is 0 Å². The molecule has 0 aliphatic carbocycles. The Labute approximate surface area is 82.6 Å². The maximum absolute atomic E-state index is 5.82. The van der Waals surface area contributed by atoms with Crippen molar-refractivity contribution in [1.82, 2.24) is 0 Å². The van der Waals surface area contributed by atoms with Gasteiger partial charge in [0.05, 0.1) is 0 Å². The first-order valence-electron chi connectivity index (χ1n) is 3.69. The second-order valence-electron chi connectivity index (χ2n) is 2.71. The van der Waals surface area contributed by atoms with Crippen LogP contribution in [0.1, 0.15) is 12.5 Å². The summed E-state index contributed by atoms with van der Waals surface area (Å²) in [5.74, 6) is 0. The molecule has 0 unspecified atom stereocenters. The quantitative estimate of drug-likeness (QED) is 0.640. The van der Waals surface area contributed by atoms with E-state index in [9.17, 15) is 0 Å². The van der Waals surface area contributed by atoms with Crippen LogP contribution in [-0.2, 0) is 0 Å². The molecule has 12 heavy (non-hydrogen) atoms. The molecule has 1 aromatic carbocycles. The smallest absolute Gasteiger partial charge is 0.0409 e. The number of rotatable bonds is 2. The van der Waals surface area contributed by atoms with E-state index in [-0.39, 0.29) is 0 Å². The van der Waals surface area contributed by atoms with E-state index in [4.69, 9.17) is 11.6 Å². The Hall–Kier alpha value is -0.400. The number of aryl methyl sites for hydroxylation is 1. The summed E-state index contributed by atoms with van der Waals surface area (Å²) in [5.41, 5.74) is 1.20. The second kappa shape index (κ2) is 4.01. The van der Waals surface area contributed by atoms with Crippen molar-refractivity contribution in [3.8, 4) is 0 Å². The fourth-order valence-corrected chi connectivity index (χ4v) is 1.87. The molecule has 0 aliphatic heterocycles. The standard InChI is InChI=1S/C10H11ClS/c1-7(2)12-10-5-4-9(11)6-8(10)3/h4-6H,1H2,2-3H3. The molecule has 0 saturated heterocycles. The molecule has 0 heterocycles. The third kappa shape index (κ3) is 2.58. The van der Waals surface area contributed by atoms with Gasteiger partial charge < -0.3 is 0 Å². The van der Waals surface area contributed by atoms with Crippen LogP contribution in [0.4, 0.5) is 0 Å². The number of thioether (sulfide) groups is 1. The molecule has 0 N–H and O–H groups in total. The van der Waals surface area contributed by atoms with E-state index >= 15 is 0 Å². The van der Waals surface area contributed by atoms with Crippen LogP contribution < -0.4 is 0 Å². The molecular formula is C10H11ClS. The average Bonchev–Trinajstić information content (AvgIpc) is 1.94. The highest BCUT2D eigenvalue weighted by molar-refractivity contribution is 8.03. The molecule has 2 heteroatoms. The first-order chi connectivity index (χ1) is 5.59. The van der Waals surface area contributed by atoms with Gasteiger partial charge in [-0.25, -0.2) is 0 Å². The first-order valence-corrected chi connectivity index (χ1v) is 4.88. The van der Waals surface area contributed by atoms with Crippen LogP contribution in [0.15, 0.2) is 34.6 Å². The third-order valence-corrected chi connectivity index (χ3v) is 2.68. The Morgan fingerprint density at radius 3 is 2.67 bits per heavy atom. The molecule has 0 atom stereocenters. The molecular weight excluding hydrogens is 188 g/mol. The molecule has 0 aromatic heterocycles. The zero-order valence-corrected chi connectivity index (χ0v) is 8.80. The largest absolute Gasteiger partial charge is 0.0952 e. The van der Waals surface area contributed by atoms with Crippen molar-refractivity contribution in [2.75, 3.05) is 0 Å². The summed E-state index contributed by atoms with van der Waals surface area (Å²) in [5, 5.41) is 0.790. The predicted molar refractivity (Wildman–Crippen MR) is 56.9 cm³/mol. The Kier molecular flexibility index (Phi) is 3.24. The van der Waals surface area contributed by atoms with E-state index in [1.165, 1.54) is 10.5 Å². The SMILES string of the molecule is C=C(C)Sc1ccc(Cl)cc1C. The summed E-state index contributed by atoms with van der Waals surface area (Å²) in [4.78, 5) is 2.33. The molecule has 0 fully saturated rings. The van der Waals surface area contributed by atoms with Gasteiger partial charge in [0.25, 0.3) is 0 Å². The van der Waals surface area contributed by atoms with Gasteiger partial charge in [0, 0.05) is 9.92 Å². The summed E-state index contributed by atoms with van der Waals surface area (Å²) < 4.78 is 0. The molecule has 0 nitrogen and oxygen atoms in total. The summed E-state index contributed by atoms with van der Waals surface area (Å²) in [7, 11) is 0. The normalized spacial score (nSPS) is 9.92. The van der Waals surface area contributed by atoms with Crippen molar-refractivity contribution in [1.29, 1.82) is 0 Å². The van der Waals surface area contributed by atoms with E-state index in [1.54, 1.807) is 11.8 Å². The first kappa shape index (κ1) is 9.69. The fourth-order valence-electron chi connectivity index (χ4n) is 0.915. The van der Waals surface area contributed by atoms with E-state index in [1.807, 2.05) is 25.1 Å². The van der Waals surface area contributed by atoms with E-state index in [0.29, 0.717) is 0 Å². The Balaban J connectivity index is 2.93. The van der Waals surface area contributed by atoms with Crippen molar-refractivity contribution in [3.05, 3.63) is 40.3 Å². The predicted octanol–water partition coefficient (Wildman–Crippen LogP) is 4.27. The van der Waals surface area contributed by atoms with Crippen LogP contribution in [0.3, 0.4) is 0 Å². The van der Waals surface area contributed by atoms with Gasteiger partial charge in [-0.05, 0) is 42.5 Å². The lowest BCUT2D eigenvalue weighted by Gasteiger charge is -2.04. The number of hydrogen-bond acceptors (Lipinski definition) is 1. The van der Waals surface area contributed by atoms with E-state index in [2.05, 4.69) is 13.5 Å². The highest BCUT2D eigenvalue weighted by Gasteiger charge is 1.99. The summed E-state index contributed by atoms with van der Waals surface area (Å²) in [6.07, 6.45) is 0. The lowest BCUT2D eigenvalue weighted by atomic mass is 10.2. The summed E-state index contributed by atoms with van der Waals surface area (Å²) in [6.45, 7) is 7.90.